The summed E-state index contributed by atoms with van der Waals surface area (Å²) in [6, 6.07) is 21.1. The highest BCUT2D eigenvalue weighted by Gasteiger charge is 2.23. The van der Waals surface area contributed by atoms with Crippen molar-refractivity contribution < 1.29 is 9.13 Å². The summed E-state index contributed by atoms with van der Waals surface area (Å²) >= 11 is 0. The highest BCUT2D eigenvalue weighted by molar-refractivity contribution is 5.78. The first kappa shape index (κ1) is 18.9. The van der Waals surface area contributed by atoms with E-state index in [0.29, 0.717) is 12.2 Å². The Balaban J connectivity index is 1.29. The highest BCUT2D eigenvalue weighted by Crippen LogP contribution is 2.26. The molecule has 5 rings (SSSR count). The molecule has 2 aromatic heterocycles. The van der Waals surface area contributed by atoms with Crippen LogP contribution < -0.4 is 0 Å². The van der Waals surface area contributed by atoms with E-state index in [1.54, 1.807) is 18.3 Å². The summed E-state index contributed by atoms with van der Waals surface area (Å²) in [5.74, 6) is -0.238. The first-order valence-corrected chi connectivity index (χ1v) is 10.1. The van der Waals surface area contributed by atoms with Gasteiger partial charge in [-0.2, -0.15) is 0 Å². The normalized spacial score (nSPS) is 17.3. The second kappa shape index (κ2) is 8.30. The molecule has 0 amide bonds. The lowest BCUT2D eigenvalue weighted by Gasteiger charge is -2.32. The third-order valence-electron chi connectivity index (χ3n) is 5.53. The smallest absolute Gasteiger partial charge is 0.131 e. The molecule has 1 fully saturated rings. The molecule has 2 aromatic carbocycles. The van der Waals surface area contributed by atoms with Crippen molar-refractivity contribution in [3.8, 4) is 11.1 Å². The lowest BCUT2D eigenvalue weighted by atomic mass is 10.1. The van der Waals surface area contributed by atoms with Gasteiger partial charge in [0.2, 0.25) is 0 Å². The summed E-state index contributed by atoms with van der Waals surface area (Å²) in [7, 11) is 0. The summed E-state index contributed by atoms with van der Waals surface area (Å²) in [6.45, 7) is 3.18. The zero-order valence-electron chi connectivity index (χ0n) is 16.5. The molecule has 0 bridgehead atoms. The van der Waals surface area contributed by atoms with Crippen LogP contribution in [0.4, 0.5) is 4.39 Å². The van der Waals surface area contributed by atoms with Crippen molar-refractivity contribution in [1.82, 2.24) is 14.9 Å². The van der Waals surface area contributed by atoms with Gasteiger partial charge in [0, 0.05) is 48.5 Å². The Morgan fingerprint density at radius 3 is 2.80 bits per heavy atom. The number of rotatable bonds is 4. The van der Waals surface area contributed by atoms with Crippen molar-refractivity contribution in [3.63, 3.8) is 0 Å². The van der Waals surface area contributed by atoms with Crippen LogP contribution in [0, 0.1) is 5.82 Å². The molecule has 1 aliphatic rings. The van der Waals surface area contributed by atoms with Crippen LogP contribution in [-0.2, 0) is 11.3 Å². The van der Waals surface area contributed by atoms with Crippen LogP contribution in [0.15, 0.2) is 79.1 Å². The average molecular weight is 399 g/mol. The molecule has 3 heterocycles. The third kappa shape index (κ3) is 3.95. The average Bonchev–Trinajstić information content (AvgIpc) is 2.80. The summed E-state index contributed by atoms with van der Waals surface area (Å²) in [5, 5.41) is 1.16. The zero-order chi connectivity index (χ0) is 20.3. The van der Waals surface area contributed by atoms with E-state index in [1.165, 1.54) is 11.6 Å². The molecule has 1 atom stereocenters. The fourth-order valence-corrected chi connectivity index (χ4v) is 3.96. The maximum atomic E-state index is 14.0. The van der Waals surface area contributed by atoms with E-state index in [9.17, 15) is 4.39 Å². The predicted octanol–water partition coefficient (Wildman–Crippen LogP) is 5.01. The van der Waals surface area contributed by atoms with E-state index in [0.717, 1.165) is 41.8 Å². The Kier molecular flexibility index (Phi) is 5.22. The Hall–Kier alpha value is -3.15. The molecule has 0 unspecified atom stereocenters. The number of pyridine rings is 2. The number of benzene rings is 2. The summed E-state index contributed by atoms with van der Waals surface area (Å²) in [6.07, 6.45) is 3.46. The van der Waals surface area contributed by atoms with Gasteiger partial charge in [-0.3, -0.25) is 14.9 Å². The van der Waals surface area contributed by atoms with Crippen LogP contribution in [0.1, 0.15) is 17.4 Å². The first-order chi connectivity index (χ1) is 14.8. The third-order valence-corrected chi connectivity index (χ3v) is 5.53. The molecule has 0 N–H and O–H groups in total. The van der Waals surface area contributed by atoms with E-state index in [1.807, 2.05) is 30.5 Å². The van der Waals surface area contributed by atoms with Gasteiger partial charge in [-0.1, -0.05) is 36.4 Å². The Morgan fingerprint density at radius 2 is 1.93 bits per heavy atom. The Labute approximate surface area is 175 Å². The molecule has 0 radical (unpaired) electrons. The van der Waals surface area contributed by atoms with Crippen molar-refractivity contribution in [2.45, 2.75) is 12.6 Å². The molecular weight excluding hydrogens is 377 g/mol. The maximum absolute atomic E-state index is 14.0. The molecule has 5 heteroatoms. The van der Waals surface area contributed by atoms with Crippen LogP contribution in [0.25, 0.3) is 22.0 Å². The number of ether oxygens (including phenoxy) is 1. The van der Waals surface area contributed by atoms with Gasteiger partial charge in [0.1, 0.15) is 11.9 Å². The Bertz CT molecular complexity index is 1160. The Morgan fingerprint density at radius 1 is 1.00 bits per heavy atom. The predicted molar refractivity (Wildman–Crippen MR) is 115 cm³/mol. The fraction of sp³-hybridized carbons (Fsp3) is 0.200. The van der Waals surface area contributed by atoms with Gasteiger partial charge >= 0.3 is 0 Å². The van der Waals surface area contributed by atoms with Crippen LogP contribution in [0.5, 0.6) is 0 Å². The highest BCUT2D eigenvalue weighted by atomic mass is 19.1. The first-order valence-electron chi connectivity index (χ1n) is 10.1. The van der Waals surface area contributed by atoms with Gasteiger partial charge in [-0.15, -0.1) is 0 Å². The molecule has 4 aromatic rings. The van der Waals surface area contributed by atoms with E-state index in [-0.39, 0.29) is 11.9 Å². The van der Waals surface area contributed by atoms with Crippen molar-refractivity contribution in [2.24, 2.45) is 0 Å². The zero-order valence-corrected chi connectivity index (χ0v) is 16.5. The second-order valence-electron chi connectivity index (χ2n) is 7.58. The van der Waals surface area contributed by atoms with Gasteiger partial charge in [0.05, 0.1) is 17.8 Å². The largest absolute Gasteiger partial charge is 0.369 e. The van der Waals surface area contributed by atoms with E-state index < -0.39 is 0 Å². The van der Waals surface area contributed by atoms with Crippen LogP contribution in [0.3, 0.4) is 0 Å². The number of halogens is 1. The topological polar surface area (TPSA) is 38.2 Å². The lowest BCUT2D eigenvalue weighted by molar-refractivity contribution is -0.0349. The molecule has 4 nitrogen and oxygen atoms in total. The van der Waals surface area contributed by atoms with Gasteiger partial charge < -0.3 is 4.74 Å². The van der Waals surface area contributed by atoms with Crippen LogP contribution >= 0.6 is 0 Å². The van der Waals surface area contributed by atoms with E-state index in [2.05, 4.69) is 39.1 Å². The summed E-state index contributed by atoms with van der Waals surface area (Å²) in [5.41, 5.74) is 4.49. The minimum Gasteiger partial charge on any atom is -0.369 e. The number of hydrogen-bond acceptors (Lipinski definition) is 4. The monoisotopic (exact) mass is 399 g/mol. The SMILES string of the molecule is Fc1ccccc1-c1ccc([C@@H]2CN(Cc3ccc4ncccc4c3)CCO2)nc1. The molecular formula is C25H22FN3O. The minimum absolute atomic E-state index is 0.0875. The van der Waals surface area contributed by atoms with Crippen LogP contribution in [0.2, 0.25) is 0 Å². The van der Waals surface area contributed by atoms with Crippen molar-refractivity contribution >= 4 is 10.9 Å². The molecule has 1 saturated heterocycles. The number of nitrogens with zero attached hydrogens (tertiary/aromatic N) is 3. The minimum atomic E-state index is -0.238. The maximum Gasteiger partial charge on any atom is 0.131 e. The lowest BCUT2D eigenvalue weighted by Crippen LogP contribution is -2.38. The van der Waals surface area contributed by atoms with E-state index in [4.69, 9.17) is 4.74 Å². The van der Waals surface area contributed by atoms with Gasteiger partial charge in [-0.25, -0.2) is 4.39 Å². The van der Waals surface area contributed by atoms with E-state index >= 15 is 0 Å². The van der Waals surface area contributed by atoms with Crippen LogP contribution in [-0.4, -0.2) is 34.6 Å². The van der Waals surface area contributed by atoms with Crippen molar-refractivity contribution in [2.75, 3.05) is 19.7 Å². The quantitative estimate of drug-likeness (QED) is 0.484. The van der Waals surface area contributed by atoms with Crippen molar-refractivity contribution in [3.05, 3.63) is 96.2 Å². The summed E-state index contributed by atoms with van der Waals surface area (Å²) < 4.78 is 20.0. The summed E-state index contributed by atoms with van der Waals surface area (Å²) in [4.78, 5) is 11.4. The molecule has 1 aliphatic heterocycles. The van der Waals surface area contributed by atoms with Gasteiger partial charge in [-0.05, 0) is 35.9 Å². The number of fused-ring (bicyclic) bond motifs is 1. The van der Waals surface area contributed by atoms with Gasteiger partial charge in [0.15, 0.2) is 0 Å². The fourth-order valence-electron chi connectivity index (χ4n) is 3.96. The molecule has 150 valence electrons. The van der Waals surface area contributed by atoms with Gasteiger partial charge in [0.25, 0.3) is 0 Å². The second-order valence-corrected chi connectivity index (χ2v) is 7.58. The number of morpholine rings is 1. The molecule has 0 saturated carbocycles. The van der Waals surface area contributed by atoms with Crippen molar-refractivity contribution in [1.29, 1.82) is 0 Å². The number of hydrogen-bond donors (Lipinski definition) is 0. The molecule has 0 aliphatic carbocycles. The molecule has 0 spiro atoms. The molecule has 30 heavy (non-hydrogen) atoms. The number of aromatic nitrogens is 2. The standard InChI is InChI=1S/C25H22FN3O/c26-22-6-2-1-5-21(22)20-8-10-24(28-15-20)25-17-29(12-13-30-25)16-18-7-9-23-19(14-18)4-3-11-27-23/h1-11,14-15,25H,12-13,16-17H2/t25-/m0/s1.